The molecule has 0 spiro atoms. The van der Waals surface area contributed by atoms with Crippen LogP contribution in [-0.2, 0) is 19.1 Å². The first-order valence-electron chi connectivity index (χ1n) is 10.3. The molecule has 0 radical (unpaired) electrons. The predicted octanol–water partition coefficient (Wildman–Crippen LogP) is 0.148. The first-order chi connectivity index (χ1) is 13.8. The minimum Gasteiger partial charge on any atom is -0.379 e. The van der Waals surface area contributed by atoms with E-state index in [-0.39, 0.29) is 54.3 Å². The number of halogens is 2. The van der Waals surface area contributed by atoms with E-state index in [1.165, 1.54) is 0 Å². The Morgan fingerprint density at radius 3 is 2.48 bits per heavy atom. The standard InChI is InChI=1S/C19H30ClFN4O4/c1-28-12-5-22-17(23-6-12)24-16(27)18-8-19(9-18,10-18)25-15(26)7-29-11-2-3-13(20)14(21)4-11/h11-14,17,22-23H,2-10H2,1H3,(H,24,27)(H,25,26). The molecular formula is C19H30ClFN4O4. The van der Waals surface area contributed by atoms with Crippen molar-refractivity contribution in [3.8, 4) is 0 Å². The number of hydrogen-bond acceptors (Lipinski definition) is 6. The molecule has 4 N–H and O–H groups in total. The first kappa shape index (κ1) is 21.2. The fourth-order valence-corrected chi connectivity index (χ4v) is 5.31. The topological polar surface area (TPSA) is 101 Å². The Morgan fingerprint density at radius 1 is 1.17 bits per heavy atom. The molecule has 29 heavy (non-hydrogen) atoms. The van der Waals surface area contributed by atoms with E-state index in [4.69, 9.17) is 21.1 Å². The summed E-state index contributed by atoms with van der Waals surface area (Å²) < 4.78 is 24.5. The Hall–Kier alpha value is -1.00. The summed E-state index contributed by atoms with van der Waals surface area (Å²) in [4.78, 5) is 24.8. The Bertz CT molecular complexity index is 626. The highest BCUT2D eigenvalue weighted by molar-refractivity contribution is 6.21. The first-order valence-corrected chi connectivity index (χ1v) is 10.8. The van der Waals surface area contributed by atoms with Gasteiger partial charge in [0.2, 0.25) is 11.8 Å². The summed E-state index contributed by atoms with van der Waals surface area (Å²) in [6.07, 6.45) is 1.91. The SMILES string of the molecule is COC1CNC(NC(=O)C23CC(NC(=O)COC4CCC(Cl)C(F)C4)(C2)C3)NC1. The molecule has 10 heteroatoms. The van der Waals surface area contributed by atoms with Gasteiger partial charge in [0.1, 0.15) is 19.1 Å². The number of carbonyl (C=O) groups is 2. The normalized spacial score (nSPS) is 43.6. The van der Waals surface area contributed by atoms with Crippen molar-refractivity contribution in [1.29, 1.82) is 0 Å². The van der Waals surface area contributed by atoms with Crippen LogP contribution in [-0.4, -0.2) is 74.2 Å². The van der Waals surface area contributed by atoms with Crippen LogP contribution >= 0.6 is 11.6 Å². The van der Waals surface area contributed by atoms with Gasteiger partial charge in [-0.3, -0.25) is 20.2 Å². The van der Waals surface area contributed by atoms with Gasteiger partial charge in [-0.15, -0.1) is 11.6 Å². The van der Waals surface area contributed by atoms with Crippen molar-refractivity contribution in [2.75, 3.05) is 26.8 Å². The molecule has 4 saturated carbocycles. The zero-order valence-corrected chi connectivity index (χ0v) is 17.4. The Labute approximate surface area is 175 Å². The number of methoxy groups -OCH3 is 1. The van der Waals surface area contributed by atoms with E-state index in [9.17, 15) is 14.0 Å². The molecule has 1 saturated heterocycles. The average Bonchev–Trinajstić information content (AvgIpc) is 2.65. The lowest BCUT2D eigenvalue weighted by Gasteiger charge is -2.69. The van der Waals surface area contributed by atoms with Gasteiger partial charge in [-0.05, 0) is 32.1 Å². The second-order valence-electron chi connectivity index (χ2n) is 9.00. The van der Waals surface area contributed by atoms with Gasteiger partial charge < -0.3 is 20.1 Å². The lowest BCUT2D eigenvalue weighted by molar-refractivity contribution is -0.186. The minimum atomic E-state index is -1.08. The summed E-state index contributed by atoms with van der Waals surface area (Å²) in [6, 6.07) is 0. The maximum Gasteiger partial charge on any atom is 0.246 e. The molecule has 2 amide bonds. The smallest absolute Gasteiger partial charge is 0.246 e. The highest BCUT2D eigenvalue weighted by Gasteiger charge is 2.72. The van der Waals surface area contributed by atoms with Gasteiger partial charge in [-0.25, -0.2) is 4.39 Å². The molecule has 1 heterocycles. The van der Waals surface area contributed by atoms with Gasteiger partial charge in [-0.2, -0.15) is 0 Å². The molecule has 2 bridgehead atoms. The molecule has 5 rings (SSSR count). The molecule has 3 unspecified atom stereocenters. The van der Waals surface area contributed by atoms with E-state index >= 15 is 0 Å². The van der Waals surface area contributed by atoms with E-state index in [2.05, 4.69) is 21.3 Å². The van der Waals surface area contributed by atoms with Gasteiger partial charge in [0.15, 0.2) is 0 Å². The van der Waals surface area contributed by atoms with Crippen molar-refractivity contribution >= 4 is 23.4 Å². The third-order valence-corrected chi connectivity index (χ3v) is 7.21. The van der Waals surface area contributed by atoms with Crippen LogP contribution in [0.5, 0.6) is 0 Å². The summed E-state index contributed by atoms with van der Waals surface area (Å²) in [5.41, 5.74) is -0.668. The molecular weight excluding hydrogens is 403 g/mol. The molecule has 5 fully saturated rings. The number of alkyl halides is 2. The van der Waals surface area contributed by atoms with E-state index in [0.717, 1.165) is 0 Å². The molecule has 0 aromatic heterocycles. The third-order valence-electron chi connectivity index (χ3n) is 6.72. The predicted molar refractivity (Wildman–Crippen MR) is 104 cm³/mol. The lowest BCUT2D eigenvalue weighted by Crippen LogP contribution is -2.79. The van der Waals surface area contributed by atoms with Crippen molar-refractivity contribution in [2.45, 2.75) is 74.1 Å². The molecule has 8 nitrogen and oxygen atoms in total. The summed E-state index contributed by atoms with van der Waals surface area (Å²) in [7, 11) is 1.66. The second kappa shape index (κ2) is 8.26. The van der Waals surface area contributed by atoms with Gasteiger partial charge in [0.25, 0.3) is 0 Å². The van der Waals surface area contributed by atoms with Crippen LogP contribution in [0.15, 0.2) is 0 Å². The zero-order valence-electron chi connectivity index (χ0n) is 16.6. The van der Waals surface area contributed by atoms with Crippen LogP contribution in [0.3, 0.4) is 0 Å². The largest absolute Gasteiger partial charge is 0.379 e. The Morgan fingerprint density at radius 2 is 1.86 bits per heavy atom. The van der Waals surface area contributed by atoms with E-state index in [1.807, 2.05) is 0 Å². The second-order valence-corrected chi connectivity index (χ2v) is 9.56. The maximum atomic E-state index is 13.7. The van der Waals surface area contributed by atoms with Gasteiger partial charge in [0, 0.05) is 32.2 Å². The van der Waals surface area contributed by atoms with E-state index < -0.39 is 11.5 Å². The Kier molecular flexibility index (Phi) is 6.05. The van der Waals surface area contributed by atoms with Crippen LogP contribution in [0.25, 0.3) is 0 Å². The zero-order chi connectivity index (χ0) is 20.6. The monoisotopic (exact) mass is 432 g/mol. The van der Waals surface area contributed by atoms with Gasteiger partial charge in [0.05, 0.1) is 23.0 Å². The van der Waals surface area contributed by atoms with Crippen LogP contribution in [0.1, 0.15) is 38.5 Å². The summed E-state index contributed by atoms with van der Waals surface area (Å²) in [5.74, 6) is -0.194. The van der Waals surface area contributed by atoms with Crippen molar-refractivity contribution < 1.29 is 23.5 Å². The highest BCUT2D eigenvalue weighted by Crippen LogP contribution is 2.67. The molecule has 3 atom stereocenters. The van der Waals surface area contributed by atoms with E-state index in [0.29, 0.717) is 45.2 Å². The molecule has 1 aliphatic heterocycles. The number of nitrogens with one attached hydrogen (secondary N) is 4. The van der Waals surface area contributed by atoms with Gasteiger partial charge in [-0.1, -0.05) is 0 Å². The van der Waals surface area contributed by atoms with Crippen LogP contribution in [0.2, 0.25) is 0 Å². The van der Waals surface area contributed by atoms with Crippen molar-refractivity contribution in [3.63, 3.8) is 0 Å². The number of hydrogen-bond donors (Lipinski definition) is 4. The fraction of sp³-hybridized carbons (Fsp3) is 0.895. The third kappa shape index (κ3) is 4.39. The number of ether oxygens (including phenoxy) is 2. The minimum absolute atomic E-state index is 0.0116. The molecule has 5 aliphatic rings. The molecule has 0 aromatic carbocycles. The number of carbonyl (C=O) groups excluding carboxylic acids is 2. The molecule has 164 valence electrons. The fourth-order valence-electron chi connectivity index (χ4n) is 5.08. The van der Waals surface area contributed by atoms with Gasteiger partial charge >= 0.3 is 0 Å². The summed E-state index contributed by atoms with van der Waals surface area (Å²) in [6.45, 7) is 1.27. The lowest BCUT2D eigenvalue weighted by atomic mass is 9.39. The van der Waals surface area contributed by atoms with Crippen LogP contribution < -0.4 is 21.3 Å². The van der Waals surface area contributed by atoms with Crippen molar-refractivity contribution in [2.24, 2.45) is 5.41 Å². The van der Waals surface area contributed by atoms with Crippen LogP contribution in [0.4, 0.5) is 4.39 Å². The highest BCUT2D eigenvalue weighted by atomic mass is 35.5. The summed E-state index contributed by atoms with van der Waals surface area (Å²) in [5, 5.41) is 11.9. The maximum absolute atomic E-state index is 13.7. The average molecular weight is 433 g/mol. The van der Waals surface area contributed by atoms with E-state index in [1.54, 1.807) is 7.11 Å². The molecule has 0 aromatic rings. The quantitative estimate of drug-likeness (QED) is 0.427. The van der Waals surface area contributed by atoms with Crippen LogP contribution in [0, 0.1) is 5.41 Å². The number of amides is 2. The summed E-state index contributed by atoms with van der Waals surface area (Å²) >= 11 is 5.87. The number of rotatable bonds is 7. The Balaban J connectivity index is 1.14. The molecule has 4 aliphatic carbocycles. The van der Waals surface area contributed by atoms with Crippen molar-refractivity contribution in [3.05, 3.63) is 0 Å². The van der Waals surface area contributed by atoms with Crippen molar-refractivity contribution in [1.82, 2.24) is 21.3 Å².